The second kappa shape index (κ2) is 15.9. The van der Waals surface area contributed by atoms with Crippen LogP contribution in [0.25, 0.3) is 0 Å². The number of hydrogen-bond acceptors (Lipinski definition) is 7. The Kier molecular flexibility index (Phi) is 12.6. The van der Waals surface area contributed by atoms with Crippen LogP contribution in [0, 0.1) is 0 Å². The van der Waals surface area contributed by atoms with Crippen molar-refractivity contribution >= 4 is 50.7 Å². The predicted octanol–water partition coefficient (Wildman–Crippen LogP) is 5.55. The number of carbonyl (C=O) groups excluding carboxylic acids is 2. The van der Waals surface area contributed by atoms with E-state index < -0.39 is 28.5 Å². The molecule has 0 aliphatic carbocycles. The van der Waals surface area contributed by atoms with Crippen LogP contribution in [-0.2, 0) is 26.2 Å². The Hall–Kier alpha value is -3.67. The van der Waals surface area contributed by atoms with E-state index in [0.29, 0.717) is 22.9 Å². The Morgan fingerprint density at radius 2 is 1.55 bits per heavy atom. The molecule has 2 amide bonds. The van der Waals surface area contributed by atoms with Crippen LogP contribution in [0.1, 0.15) is 32.3 Å². The lowest BCUT2D eigenvalue weighted by atomic mass is 10.1. The molecule has 0 saturated carbocycles. The zero-order chi connectivity index (χ0) is 32.4. The molecule has 0 fully saturated rings. The third-order valence-electron chi connectivity index (χ3n) is 6.87. The number of halogens is 2. The van der Waals surface area contributed by atoms with E-state index in [-0.39, 0.29) is 39.6 Å². The number of benzene rings is 3. The lowest BCUT2D eigenvalue weighted by Crippen LogP contribution is -2.51. The smallest absolute Gasteiger partial charge is 0.265 e. The Morgan fingerprint density at radius 3 is 2.18 bits per heavy atom. The number of anilines is 1. The molecule has 10 nitrogen and oxygen atoms in total. The first kappa shape index (κ1) is 34.8. The Labute approximate surface area is 268 Å². The predicted molar refractivity (Wildman–Crippen MR) is 171 cm³/mol. The lowest BCUT2D eigenvalue weighted by Gasteiger charge is -2.32. The normalized spacial score (nSPS) is 11.8. The number of hydrogen-bond donors (Lipinski definition) is 1. The molecule has 1 unspecified atom stereocenters. The first-order chi connectivity index (χ1) is 21.0. The Bertz CT molecular complexity index is 1570. The summed E-state index contributed by atoms with van der Waals surface area (Å²) in [4.78, 5) is 28.5. The number of nitrogens with zero attached hydrogens (tertiary/aromatic N) is 2. The molecule has 3 aromatic rings. The first-order valence-electron chi connectivity index (χ1n) is 13.9. The van der Waals surface area contributed by atoms with Crippen LogP contribution in [0.4, 0.5) is 5.69 Å². The van der Waals surface area contributed by atoms with E-state index in [1.807, 2.05) is 6.92 Å². The molecule has 3 rings (SSSR count). The summed E-state index contributed by atoms with van der Waals surface area (Å²) in [6.07, 6.45) is 1.65. The SMILES string of the molecule is CCCCNC(=O)C(C)N(Cc1cccc(Cl)c1)C(=O)CN(c1cc(Cl)ccc1OC)S(=O)(=O)c1ccc(OC)c(OC)c1. The molecule has 0 radical (unpaired) electrons. The summed E-state index contributed by atoms with van der Waals surface area (Å²) in [5, 5.41) is 3.53. The van der Waals surface area contributed by atoms with Gasteiger partial charge in [0.25, 0.3) is 10.0 Å². The summed E-state index contributed by atoms with van der Waals surface area (Å²) >= 11 is 12.5. The van der Waals surface area contributed by atoms with Crippen molar-refractivity contribution in [3.8, 4) is 17.2 Å². The third kappa shape index (κ3) is 8.49. The largest absolute Gasteiger partial charge is 0.495 e. The van der Waals surface area contributed by atoms with E-state index in [9.17, 15) is 18.0 Å². The van der Waals surface area contributed by atoms with E-state index in [2.05, 4.69) is 5.32 Å². The Balaban J connectivity index is 2.12. The maximum absolute atomic E-state index is 14.3. The minimum atomic E-state index is -4.44. The minimum Gasteiger partial charge on any atom is -0.495 e. The van der Waals surface area contributed by atoms with Crippen molar-refractivity contribution in [2.24, 2.45) is 0 Å². The summed E-state index contributed by atoms with van der Waals surface area (Å²) in [6.45, 7) is 3.36. The van der Waals surface area contributed by atoms with E-state index in [1.165, 1.54) is 56.6 Å². The lowest BCUT2D eigenvalue weighted by molar-refractivity contribution is -0.139. The second-order valence-corrected chi connectivity index (χ2v) is 12.6. The van der Waals surface area contributed by atoms with Gasteiger partial charge in [0.05, 0.1) is 31.9 Å². The van der Waals surface area contributed by atoms with Crippen molar-refractivity contribution in [1.82, 2.24) is 10.2 Å². The molecule has 0 aliphatic rings. The fourth-order valence-electron chi connectivity index (χ4n) is 4.43. The zero-order valence-corrected chi connectivity index (χ0v) is 27.6. The molecule has 3 aromatic carbocycles. The fourth-order valence-corrected chi connectivity index (χ4v) is 6.24. The summed E-state index contributed by atoms with van der Waals surface area (Å²) < 4.78 is 45.5. The van der Waals surface area contributed by atoms with Crippen molar-refractivity contribution in [1.29, 1.82) is 0 Å². The standard InChI is InChI=1S/C31H37Cl2N3O7S/c1-6-7-15-34-31(38)21(2)35(19-22-9-8-10-23(32)16-22)30(37)20-36(26-17-24(33)11-13-27(26)41-3)44(39,40)25-12-14-28(42-4)29(18-25)43-5/h8-14,16-18,21H,6-7,15,19-20H2,1-5H3,(H,34,38). The van der Waals surface area contributed by atoms with Gasteiger partial charge in [-0.15, -0.1) is 0 Å². The summed E-state index contributed by atoms with van der Waals surface area (Å²) in [5.41, 5.74) is 0.694. The molecule has 44 heavy (non-hydrogen) atoms. The van der Waals surface area contributed by atoms with Crippen molar-refractivity contribution in [2.45, 2.75) is 44.2 Å². The van der Waals surface area contributed by atoms with Crippen LogP contribution in [0.3, 0.4) is 0 Å². The average Bonchev–Trinajstić information content (AvgIpc) is 3.01. The van der Waals surface area contributed by atoms with Crippen LogP contribution in [0.5, 0.6) is 17.2 Å². The van der Waals surface area contributed by atoms with Crippen molar-refractivity contribution in [3.05, 3.63) is 76.3 Å². The van der Waals surface area contributed by atoms with Crippen LogP contribution >= 0.6 is 23.2 Å². The van der Waals surface area contributed by atoms with Gasteiger partial charge in [0.2, 0.25) is 11.8 Å². The number of methoxy groups -OCH3 is 3. The van der Waals surface area contributed by atoms with Crippen molar-refractivity contribution in [3.63, 3.8) is 0 Å². The molecular formula is C31H37Cl2N3O7S. The third-order valence-corrected chi connectivity index (χ3v) is 9.10. The fraction of sp³-hybridized carbons (Fsp3) is 0.355. The summed E-state index contributed by atoms with van der Waals surface area (Å²) in [6, 6.07) is 14.5. The molecule has 0 heterocycles. The van der Waals surface area contributed by atoms with Gasteiger partial charge in [-0.1, -0.05) is 48.7 Å². The minimum absolute atomic E-state index is 0.00130. The number of carbonyl (C=O) groups is 2. The van der Waals surface area contributed by atoms with Gasteiger partial charge < -0.3 is 24.4 Å². The van der Waals surface area contributed by atoms with Gasteiger partial charge >= 0.3 is 0 Å². The van der Waals surface area contributed by atoms with Crippen LogP contribution in [0.2, 0.25) is 10.0 Å². The zero-order valence-electron chi connectivity index (χ0n) is 25.3. The number of amides is 2. The van der Waals surface area contributed by atoms with Crippen LogP contribution in [-0.4, -0.2) is 65.6 Å². The maximum atomic E-state index is 14.3. The summed E-state index contributed by atoms with van der Waals surface area (Å²) in [5.74, 6) is -0.349. The number of sulfonamides is 1. The van der Waals surface area contributed by atoms with Crippen LogP contribution in [0.15, 0.2) is 65.6 Å². The molecule has 1 N–H and O–H groups in total. The highest BCUT2D eigenvalue weighted by Gasteiger charge is 2.34. The topological polar surface area (TPSA) is 114 Å². The van der Waals surface area contributed by atoms with E-state index >= 15 is 0 Å². The molecule has 0 bridgehead atoms. The van der Waals surface area contributed by atoms with E-state index in [1.54, 1.807) is 37.3 Å². The van der Waals surface area contributed by atoms with Gasteiger partial charge in [-0.05, 0) is 61.4 Å². The van der Waals surface area contributed by atoms with E-state index in [0.717, 1.165) is 17.1 Å². The van der Waals surface area contributed by atoms with Gasteiger partial charge in [0, 0.05) is 29.2 Å². The molecule has 0 aromatic heterocycles. The van der Waals surface area contributed by atoms with Gasteiger partial charge in [-0.3, -0.25) is 13.9 Å². The van der Waals surface area contributed by atoms with Crippen molar-refractivity contribution in [2.75, 3.05) is 38.7 Å². The molecule has 13 heteroatoms. The monoisotopic (exact) mass is 665 g/mol. The van der Waals surface area contributed by atoms with Gasteiger partial charge in [0.15, 0.2) is 11.5 Å². The molecule has 1 atom stereocenters. The molecule has 0 saturated heterocycles. The summed E-state index contributed by atoms with van der Waals surface area (Å²) in [7, 11) is -0.246. The second-order valence-electron chi connectivity index (χ2n) is 9.82. The highest BCUT2D eigenvalue weighted by atomic mass is 35.5. The first-order valence-corrected chi connectivity index (χ1v) is 16.1. The van der Waals surface area contributed by atoms with Gasteiger partial charge in [0.1, 0.15) is 18.3 Å². The highest BCUT2D eigenvalue weighted by Crippen LogP contribution is 2.37. The highest BCUT2D eigenvalue weighted by molar-refractivity contribution is 7.92. The van der Waals surface area contributed by atoms with Gasteiger partial charge in [-0.2, -0.15) is 0 Å². The van der Waals surface area contributed by atoms with Crippen LogP contribution < -0.4 is 23.8 Å². The molecular weight excluding hydrogens is 629 g/mol. The quantitative estimate of drug-likeness (QED) is 0.212. The number of rotatable bonds is 15. The van der Waals surface area contributed by atoms with Crippen molar-refractivity contribution < 1.29 is 32.2 Å². The maximum Gasteiger partial charge on any atom is 0.265 e. The average molecular weight is 667 g/mol. The van der Waals surface area contributed by atoms with E-state index in [4.69, 9.17) is 37.4 Å². The number of unbranched alkanes of at least 4 members (excludes halogenated alkanes) is 1. The molecule has 238 valence electrons. The Morgan fingerprint density at radius 1 is 0.886 bits per heavy atom. The number of ether oxygens (including phenoxy) is 3. The van der Waals surface area contributed by atoms with Gasteiger partial charge in [-0.25, -0.2) is 8.42 Å². The number of nitrogens with one attached hydrogen (secondary N) is 1. The molecule has 0 aliphatic heterocycles. The molecule has 0 spiro atoms.